The molecule has 0 saturated heterocycles. The van der Waals surface area contributed by atoms with Crippen LogP contribution in [0, 0.1) is 0 Å². The third-order valence-electron chi connectivity index (χ3n) is 5.40. The summed E-state index contributed by atoms with van der Waals surface area (Å²) >= 11 is 0. The Kier molecular flexibility index (Phi) is 6.17. The second kappa shape index (κ2) is 9.34. The lowest BCUT2D eigenvalue weighted by Gasteiger charge is -2.14. The summed E-state index contributed by atoms with van der Waals surface area (Å²) in [7, 11) is 0. The van der Waals surface area contributed by atoms with Crippen LogP contribution in [0.3, 0.4) is 0 Å². The molecule has 0 fully saturated rings. The van der Waals surface area contributed by atoms with Crippen LogP contribution in [0.4, 0.5) is 10.5 Å². The molecule has 7 heteroatoms. The van der Waals surface area contributed by atoms with Crippen molar-refractivity contribution < 1.29 is 24.2 Å². The number of benzene rings is 3. The Morgan fingerprint density at radius 1 is 0.844 bits per heavy atom. The van der Waals surface area contributed by atoms with Gasteiger partial charge in [0, 0.05) is 18.9 Å². The van der Waals surface area contributed by atoms with Crippen LogP contribution in [-0.2, 0) is 9.53 Å². The lowest BCUT2D eigenvalue weighted by Crippen LogP contribution is -2.29. The van der Waals surface area contributed by atoms with E-state index in [2.05, 4.69) is 22.8 Å². The van der Waals surface area contributed by atoms with Crippen LogP contribution < -0.4 is 10.6 Å². The van der Waals surface area contributed by atoms with Gasteiger partial charge in [0.1, 0.15) is 6.61 Å². The minimum absolute atomic E-state index is 0.00495. The Labute approximate surface area is 185 Å². The molecule has 1 aliphatic rings. The van der Waals surface area contributed by atoms with Gasteiger partial charge in [-0.1, -0.05) is 60.7 Å². The first kappa shape index (κ1) is 21.1. The highest BCUT2D eigenvalue weighted by Gasteiger charge is 2.28. The lowest BCUT2D eigenvalue weighted by molar-refractivity contribution is -0.116. The molecule has 0 heterocycles. The topological polar surface area (TPSA) is 105 Å². The van der Waals surface area contributed by atoms with E-state index in [9.17, 15) is 19.5 Å². The van der Waals surface area contributed by atoms with E-state index in [-0.39, 0.29) is 36.7 Å². The molecule has 0 radical (unpaired) electrons. The molecular weight excluding hydrogens is 408 g/mol. The second-order valence-electron chi connectivity index (χ2n) is 7.40. The summed E-state index contributed by atoms with van der Waals surface area (Å²) in [6, 6.07) is 22.3. The zero-order valence-corrected chi connectivity index (χ0v) is 17.2. The predicted octanol–water partition coefficient (Wildman–Crippen LogP) is 4.25. The normalized spacial score (nSPS) is 11.9. The third-order valence-corrected chi connectivity index (χ3v) is 5.40. The van der Waals surface area contributed by atoms with E-state index in [1.807, 2.05) is 36.4 Å². The van der Waals surface area contributed by atoms with Gasteiger partial charge in [-0.3, -0.25) is 4.79 Å². The molecule has 3 N–H and O–H groups in total. The first-order valence-electron chi connectivity index (χ1n) is 10.3. The maximum Gasteiger partial charge on any atom is 0.407 e. The Bertz CT molecular complexity index is 1130. The van der Waals surface area contributed by atoms with Crippen LogP contribution in [0.5, 0.6) is 0 Å². The predicted molar refractivity (Wildman–Crippen MR) is 120 cm³/mol. The molecule has 4 rings (SSSR count). The van der Waals surface area contributed by atoms with Crippen molar-refractivity contribution in [2.24, 2.45) is 0 Å². The van der Waals surface area contributed by atoms with Gasteiger partial charge in [-0.25, -0.2) is 9.59 Å². The second-order valence-corrected chi connectivity index (χ2v) is 7.40. The molecular formula is C25H22N2O5. The maximum absolute atomic E-state index is 12.2. The number of alkyl carbamates (subject to hydrolysis) is 1. The van der Waals surface area contributed by atoms with Crippen molar-refractivity contribution >= 4 is 23.7 Å². The minimum atomic E-state index is -1.13. The van der Waals surface area contributed by atoms with Crippen molar-refractivity contribution in [2.75, 3.05) is 18.5 Å². The van der Waals surface area contributed by atoms with Gasteiger partial charge in [0.15, 0.2) is 0 Å². The maximum atomic E-state index is 12.2. The third kappa shape index (κ3) is 4.46. The molecule has 162 valence electrons. The Balaban J connectivity index is 1.28. The van der Waals surface area contributed by atoms with E-state index in [1.165, 1.54) is 12.1 Å². The van der Waals surface area contributed by atoms with Gasteiger partial charge in [0.05, 0.1) is 11.3 Å². The van der Waals surface area contributed by atoms with E-state index in [4.69, 9.17) is 4.74 Å². The molecule has 3 aromatic carbocycles. The van der Waals surface area contributed by atoms with Gasteiger partial charge in [-0.2, -0.15) is 0 Å². The number of aromatic carboxylic acids is 1. The number of carbonyl (C=O) groups is 3. The Hall–Kier alpha value is -4.13. The van der Waals surface area contributed by atoms with Gasteiger partial charge >= 0.3 is 12.1 Å². The number of nitrogens with one attached hydrogen (secondary N) is 2. The zero-order valence-electron chi connectivity index (χ0n) is 17.2. The van der Waals surface area contributed by atoms with E-state index in [1.54, 1.807) is 12.1 Å². The van der Waals surface area contributed by atoms with Gasteiger partial charge in [0.2, 0.25) is 5.91 Å². The Morgan fingerprint density at radius 2 is 1.44 bits per heavy atom. The number of fused-ring (bicyclic) bond motifs is 3. The smallest absolute Gasteiger partial charge is 0.407 e. The molecule has 0 bridgehead atoms. The summed E-state index contributed by atoms with van der Waals surface area (Å²) in [5, 5.41) is 14.3. The highest BCUT2D eigenvalue weighted by molar-refractivity contribution is 6.00. The minimum Gasteiger partial charge on any atom is -0.478 e. The number of para-hydroxylation sites is 1. The SMILES string of the molecule is O=C(CCNC(=O)OCC1c2ccccc2-c2ccccc21)Nc1ccccc1C(=O)O. The van der Waals surface area contributed by atoms with Gasteiger partial charge < -0.3 is 20.5 Å². The fraction of sp³-hybridized carbons (Fsp3) is 0.160. The largest absolute Gasteiger partial charge is 0.478 e. The molecule has 0 unspecified atom stereocenters. The summed E-state index contributed by atoms with van der Waals surface area (Å²) in [5.41, 5.74) is 4.76. The van der Waals surface area contributed by atoms with Gasteiger partial charge in [-0.15, -0.1) is 0 Å². The zero-order chi connectivity index (χ0) is 22.5. The van der Waals surface area contributed by atoms with Crippen LogP contribution in [0.15, 0.2) is 72.8 Å². The lowest BCUT2D eigenvalue weighted by atomic mass is 9.98. The standard InChI is InChI=1S/C25H22N2O5/c28-23(27-22-12-6-5-11-20(22)24(29)30)13-14-26-25(31)32-15-21-18-9-3-1-7-16(18)17-8-2-4-10-19(17)21/h1-12,21H,13-15H2,(H,26,31)(H,27,28)(H,29,30). The van der Waals surface area contributed by atoms with Crippen LogP contribution in [0.1, 0.15) is 33.8 Å². The average Bonchev–Trinajstić information content (AvgIpc) is 3.12. The summed E-state index contributed by atoms with van der Waals surface area (Å²) in [5.74, 6) is -1.57. The molecule has 0 spiro atoms. The summed E-state index contributed by atoms with van der Waals surface area (Å²) in [4.78, 5) is 35.5. The van der Waals surface area contributed by atoms with Gasteiger partial charge in [-0.05, 0) is 34.4 Å². The van der Waals surface area contributed by atoms with E-state index in [0.717, 1.165) is 22.3 Å². The summed E-state index contributed by atoms with van der Waals surface area (Å²) < 4.78 is 5.43. The fourth-order valence-corrected chi connectivity index (χ4v) is 3.92. The van der Waals surface area contributed by atoms with Crippen LogP contribution in [-0.4, -0.2) is 36.2 Å². The number of carboxylic acid groups (broad SMARTS) is 1. The van der Waals surface area contributed by atoms with E-state index in [0.29, 0.717) is 0 Å². The van der Waals surface area contributed by atoms with Crippen LogP contribution >= 0.6 is 0 Å². The summed E-state index contributed by atoms with van der Waals surface area (Å²) in [6.07, 6.45) is -0.622. The first-order chi connectivity index (χ1) is 15.5. The molecule has 3 aromatic rings. The monoisotopic (exact) mass is 430 g/mol. The molecule has 1 aliphatic carbocycles. The number of rotatable bonds is 7. The van der Waals surface area contributed by atoms with E-state index < -0.39 is 18.0 Å². The van der Waals surface area contributed by atoms with Crippen molar-refractivity contribution in [3.05, 3.63) is 89.5 Å². The average molecular weight is 430 g/mol. The van der Waals surface area contributed by atoms with Crippen LogP contribution in [0.25, 0.3) is 11.1 Å². The number of ether oxygens (including phenoxy) is 1. The van der Waals surface area contributed by atoms with Crippen molar-refractivity contribution in [3.8, 4) is 11.1 Å². The van der Waals surface area contributed by atoms with Crippen molar-refractivity contribution in [1.82, 2.24) is 5.32 Å². The van der Waals surface area contributed by atoms with Crippen molar-refractivity contribution in [3.63, 3.8) is 0 Å². The fourth-order valence-electron chi connectivity index (χ4n) is 3.92. The molecule has 0 saturated carbocycles. The molecule has 32 heavy (non-hydrogen) atoms. The molecule has 0 atom stereocenters. The number of hydrogen-bond acceptors (Lipinski definition) is 4. The number of amides is 2. The van der Waals surface area contributed by atoms with Crippen molar-refractivity contribution in [1.29, 1.82) is 0 Å². The molecule has 0 aromatic heterocycles. The number of carbonyl (C=O) groups excluding carboxylic acids is 2. The highest BCUT2D eigenvalue weighted by atomic mass is 16.5. The Morgan fingerprint density at radius 3 is 2.09 bits per heavy atom. The summed E-state index contributed by atoms with van der Waals surface area (Å²) in [6.45, 7) is 0.260. The molecule has 7 nitrogen and oxygen atoms in total. The number of anilines is 1. The first-order valence-corrected chi connectivity index (χ1v) is 10.3. The van der Waals surface area contributed by atoms with Crippen LogP contribution in [0.2, 0.25) is 0 Å². The number of carboxylic acids is 1. The quantitative estimate of drug-likeness (QED) is 0.520. The molecule has 0 aliphatic heterocycles. The number of hydrogen-bond donors (Lipinski definition) is 3. The van der Waals surface area contributed by atoms with E-state index >= 15 is 0 Å². The molecule has 2 amide bonds. The van der Waals surface area contributed by atoms with Gasteiger partial charge in [0.25, 0.3) is 0 Å². The van der Waals surface area contributed by atoms with Crippen molar-refractivity contribution in [2.45, 2.75) is 12.3 Å². The highest BCUT2D eigenvalue weighted by Crippen LogP contribution is 2.44.